The molecule has 0 amide bonds. The molecule has 0 bridgehead atoms. The molecule has 9 nitrogen and oxygen atoms in total. The Morgan fingerprint density at radius 1 is 0.875 bits per heavy atom. The number of carboxylic acids is 2. The zero-order valence-corrected chi connectivity index (χ0v) is 21.6. The number of carbonyl (C=O) groups is 2. The van der Waals surface area contributed by atoms with E-state index < -0.39 is 28.1 Å². The fraction of sp³-hybridized carbons (Fsp3) is 0.231. The zero-order valence-electron chi connectivity index (χ0n) is 20.8. The Kier molecular flexibility index (Phi) is 9.71. The normalized spacial score (nSPS) is 14.2. The summed E-state index contributed by atoms with van der Waals surface area (Å²) in [5.74, 6) is -4.13. The Morgan fingerprint density at radius 3 is 2.00 bits per heavy atom. The lowest BCUT2D eigenvalue weighted by molar-refractivity contribution is -0.192. The van der Waals surface area contributed by atoms with Gasteiger partial charge in [-0.25, -0.2) is 22.4 Å². The Balaban J connectivity index is 0.000000559. The first-order chi connectivity index (χ1) is 18.8. The number of carboxylic acid groups (broad SMARTS) is 2. The third kappa shape index (κ3) is 8.16. The number of rotatable bonds is 7. The lowest BCUT2D eigenvalue weighted by Crippen LogP contribution is -2.46. The van der Waals surface area contributed by atoms with Gasteiger partial charge in [-0.2, -0.15) is 13.2 Å². The topological polar surface area (TPSA) is 127 Å². The van der Waals surface area contributed by atoms with Gasteiger partial charge < -0.3 is 15.1 Å². The van der Waals surface area contributed by atoms with Crippen LogP contribution in [-0.4, -0.2) is 67.8 Å². The molecule has 0 saturated carbocycles. The molecule has 1 aliphatic heterocycles. The van der Waals surface area contributed by atoms with Crippen molar-refractivity contribution in [2.24, 2.45) is 0 Å². The van der Waals surface area contributed by atoms with Crippen LogP contribution < -0.4 is 9.62 Å². The Hall–Kier alpha value is -4.17. The summed E-state index contributed by atoms with van der Waals surface area (Å²) >= 11 is 0. The quantitative estimate of drug-likeness (QED) is 0.352. The summed E-state index contributed by atoms with van der Waals surface area (Å²) in [6.45, 7) is 2.97. The number of hydrogen-bond donors (Lipinski definition) is 3. The summed E-state index contributed by atoms with van der Waals surface area (Å²) in [5.41, 5.74) is 1.43. The third-order valence-corrected chi connectivity index (χ3v) is 7.23. The molecule has 3 aromatic rings. The van der Waals surface area contributed by atoms with Gasteiger partial charge in [-0.15, -0.1) is 0 Å². The monoisotopic (exact) mass is 583 g/mol. The second kappa shape index (κ2) is 12.8. The van der Waals surface area contributed by atoms with Crippen LogP contribution in [0.25, 0.3) is 0 Å². The van der Waals surface area contributed by atoms with Crippen molar-refractivity contribution in [3.63, 3.8) is 0 Å². The van der Waals surface area contributed by atoms with Crippen molar-refractivity contribution < 1.29 is 45.8 Å². The lowest BCUT2D eigenvalue weighted by atomic mass is 10.1. The van der Waals surface area contributed by atoms with Crippen LogP contribution in [0, 0.1) is 5.82 Å². The predicted molar refractivity (Wildman–Crippen MR) is 138 cm³/mol. The molecule has 3 N–H and O–H groups in total. The van der Waals surface area contributed by atoms with Gasteiger partial charge in [-0.05, 0) is 36.4 Å². The van der Waals surface area contributed by atoms with Crippen LogP contribution in [0.4, 0.5) is 28.9 Å². The molecular weight excluding hydrogens is 558 g/mol. The van der Waals surface area contributed by atoms with Crippen LogP contribution >= 0.6 is 0 Å². The van der Waals surface area contributed by atoms with Crippen molar-refractivity contribution in [2.75, 3.05) is 35.8 Å². The molecule has 0 aromatic heterocycles. The first-order valence-corrected chi connectivity index (χ1v) is 13.2. The smallest absolute Gasteiger partial charge is 0.478 e. The minimum Gasteiger partial charge on any atom is -0.478 e. The van der Waals surface area contributed by atoms with E-state index >= 15 is 0 Å². The highest BCUT2D eigenvalue weighted by Gasteiger charge is 2.38. The number of aliphatic carboxylic acids is 1. The van der Waals surface area contributed by atoms with Crippen molar-refractivity contribution in [3.05, 3.63) is 89.7 Å². The van der Waals surface area contributed by atoms with Gasteiger partial charge in [0.25, 0.3) is 10.0 Å². The molecule has 0 atom stereocenters. The molecule has 4 rings (SSSR count). The number of nitrogens with one attached hydrogen (secondary N) is 1. The molecule has 214 valence electrons. The molecule has 0 spiro atoms. The van der Waals surface area contributed by atoms with E-state index in [2.05, 4.69) is 9.62 Å². The maximum Gasteiger partial charge on any atom is 0.490 e. The average molecular weight is 584 g/mol. The highest BCUT2D eigenvalue weighted by atomic mass is 32.2. The first kappa shape index (κ1) is 30.4. The minimum atomic E-state index is -5.08. The maximum atomic E-state index is 14.0. The van der Waals surface area contributed by atoms with Crippen molar-refractivity contribution in [3.8, 4) is 0 Å². The molecule has 1 fully saturated rings. The third-order valence-electron chi connectivity index (χ3n) is 5.85. The second-order valence-corrected chi connectivity index (χ2v) is 10.3. The molecule has 0 radical (unpaired) electrons. The van der Waals surface area contributed by atoms with Gasteiger partial charge >= 0.3 is 18.1 Å². The van der Waals surface area contributed by atoms with Crippen LogP contribution in [0.1, 0.15) is 15.9 Å². The van der Waals surface area contributed by atoms with Gasteiger partial charge in [-0.1, -0.05) is 36.4 Å². The summed E-state index contributed by atoms with van der Waals surface area (Å²) in [5, 5.41) is 16.5. The fourth-order valence-corrected chi connectivity index (χ4v) is 4.93. The van der Waals surface area contributed by atoms with Crippen molar-refractivity contribution in [1.82, 2.24) is 4.90 Å². The molecule has 3 aromatic carbocycles. The number of halogens is 4. The van der Waals surface area contributed by atoms with Crippen LogP contribution in [0.3, 0.4) is 0 Å². The molecular formula is C26H25F4N3O6S. The van der Waals surface area contributed by atoms with E-state index in [1.807, 2.05) is 11.0 Å². The number of alkyl halides is 3. The number of nitrogens with zero attached hydrogens (tertiary/aromatic N) is 2. The maximum absolute atomic E-state index is 14.0. The van der Waals surface area contributed by atoms with Crippen LogP contribution in [0.5, 0.6) is 0 Å². The van der Waals surface area contributed by atoms with Crippen LogP contribution in [0.15, 0.2) is 77.7 Å². The van der Waals surface area contributed by atoms with Gasteiger partial charge in [-0.3, -0.25) is 9.62 Å². The van der Waals surface area contributed by atoms with Gasteiger partial charge in [0.05, 0.1) is 21.8 Å². The minimum absolute atomic E-state index is 0.0114. The summed E-state index contributed by atoms with van der Waals surface area (Å²) in [4.78, 5) is 24.6. The van der Waals surface area contributed by atoms with Crippen molar-refractivity contribution >= 4 is 33.3 Å². The summed E-state index contributed by atoms with van der Waals surface area (Å²) in [6.07, 6.45) is -5.08. The summed E-state index contributed by atoms with van der Waals surface area (Å²) in [6, 6.07) is 19.0. The lowest BCUT2D eigenvalue weighted by Gasteiger charge is -2.37. The van der Waals surface area contributed by atoms with E-state index in [-0.39, 0.29) is 22.0 Å². The molecule has 0 unspecified atom stereocenters. The van der Waals surface area contributed by atoms with E-state index in [1.54, 1.807) is 36.4 Å². The van der Waals surface area contributed by atoms with E-state index in [1.165, 1.54) is 30.3 Å². The fourth-order valence-electron chi connectivity index (χ4n) is 3.84. The Labute approximate surface area is 227 Å². The zero-order chi connectivity index (χ0) is 29.5. The van der Waals surface area contributed by atoms with E-state index in [4.69, 9.17) is 9.90 Å². The summed E-state index contributed by atoms with van der Waals surface area (Å²) < 4.78 is 74.1. The Morgan fingerprint density at radius 2 is 1.45 bits per heavy atom. The SMILES string of the molecule is O=C(O)C(F)(F)F.O=C(O)c1ccc(N2CCN(Cc3ccccc3F)CC2)c(NS(=O)(=O)c2ccccc2)c1. The van der Waals surface area contributed by atoms with Crippen molar-refractivity contribution in [1.29, 1.82) is 0 Å². The number of piperazine rings is 1. The second-order valence-electron chi connectivity index (χ2n) is 8.61. The van der Waals surface area contributed by atoms with Gasteiger partial charge in [0.15, 0.2) is 0 Å². The molecule has 40 heavy (non-hydrogen) atoms. The number of sulfonamides is 1. The van der Waals surface area contributed by atoms with Gasteiger partial charge in [0, 0.05) is 38.3 Å². The number of benzene rings is 3. The standard InChI is InChI=1S/C24H24FN3O4S.C2HF3O2/c25-21-9-5-4-6-19(21)17-27-12-14-28(15-13-27)23-11-10-18(24(29)30)16-22(23)26-33(31,32)20-7-2-1-3-8-20;3-2(4,5)1(6)7/h1-11,16,26H,12-15,17H2,(H,29,30);(H,6,7). The highest BCUT2D eigenvalue weighted by Crippen LogP contribution is 2.31. The van der Waals surface area contributed by atoms with Gasteiger partial charge in [0.1, 0.15) is 5.82 Å². The average Bonchev–Trinajstić information content (AvgIpc) is 2.90. The Bertz CT molecular complexity index is 1440. The summed E-state index contributed by atoms with van der Waals surface area (Å²) in [7, 11) is -3.89. The van der Waals surface area contributed by atoms with Crippen LogP contribution in [0.2, 0.25) is 0 Å². The largest absolute Gasteiger partial charge is 0.490 e. The molecule has 1 aliphatic rings. The molecule has 1 saturated heterocycles. The predicted octanol–water partition coefficient (Wildman–Crippen LogP) is 4.28. The van der Waals surface area contributed by atoms with Crippen LogP contribution in [-0.2, 0) is 21.4 Å². The van der Waals surface area contributed by atoms with E-state index in [0.29, 0.717) is 44.0 Å². The highest BCUT2D eigenvalue weighted by molar-refractivity contribution is 7.92. The molecule has 1 heterocycles. The molecule has 14 heteroatoms. The van der Waals surface area contributed by atoms with Gasteiger partial charge in [0.2, 0.25) is 0 Å². The van der Waals surface area contributed by atoms with Crippen molar-refractivity contribution in [2.45, 2.75) is 17.6 Å². The number of aromatic carboxylic acids is 1. The first-order valence-electron chi connectivity index (χ1n) is 11.7. The molecule has 0 aliphatic carbocycles. The van der Waals surface area contributed by atoms with E-state index in [9.17, 15) is 35.9 Å². The number of anilines is 2. The van der Waals surface area contributed by atoms with E-state index in [0.717, 1.165) is 0 Å². The number of hydrogen-bond acceptors (Lipinski definition) is 6.